The predicted molar refractivity (Wildman–Crippen MR) is 69.5 cm³/mol. The number of carbonyl (C=O) groups is 1. The fourth-order valence-electron chi connectivity index (χ4n) is 1.31. The van der Waals surface area contributed by atoms with E-state index in [1.807, 2.05) is 12.1 Å². The molecule has 2 aromatic rings. The Bertz CT molecular complexity index is 526. The summed E-state index contributed by atoms with van der Waals surface area (Å²) < 4.78 is 1.64. The molecule has 0 unspecified atom stereocenters. The van der Waals surface area contributed by atoms with Gasteiger partial charge in [-0.1, -0.05) is 37.9 Å². The normalized spacial score (nSPS) is 10.1. The molecule has 0 saturated carbocycles. The molecule has 0 spiro atoms. The molecule has 0 N–H and O–H groups in total. The number of hydrogen-bond acceptors (Lipinski definition) is 2. The van der Waals surface area contributed by atoms with Gasteiger partial charge in [0.25, 0.3) is 0 Å². The van der Waals surface area contributed by atoms with Crippen LogP contribution in [0.25, 0.3) is 0 Å². The molecule has 4 heteroatoms. The number of aromatic nitrogens is 1. The Hall–Kier alpha value is -1.000. The molecule has 2 rings (SSSR count). The number of benzene rings is 1. The molecule has 1 aromatic carbocycles. The van der Waals surface area contributed by atoms with Gasteiger partial charge >= 0.3 is 0 Å². The molecular formula is C12H7Br2NO. The maximum absolute atomic E-state index is 12.1. The smallest absolute Gasteiger partial charge is 0.212 e. The predicted octanol–water partition coefficient (Wildman–Crippen LogP) is 3.84. The number of ketones is 1. The lowest BCUT2D eigenvalue weighted by atomic mass is 10.1. The van der Waals surface area contributed by atoms with Crippen LogP contribution in [0.15, 0.2) is 51.5 Å². The third kappa shape index (κ3) is 2.39. The molecular weight excluding hydrogens is 334 g/mol. The van der Waals surface area contributed by atoms with Gasteiger partial charge in [-0.2, -0.15) is 0 Å². The Morgan fingerprint density at radius 1 is 1.12 bits per heavy atom. The van der Waals surface area contributed by atoms with E-state index < -0.39 is 0 Å². The average molecular weight is 341 g/mol. The van der Waals surface area contributed by atoms with Crippen molar-refractivity contribution in [3.8, 4) is 0 Å². The summed E-state index contributed by atoms with van der Waals surface area (Å²) in [5, 5.41) is 0. The first-order valence-corrected chi connectivity index (χ1v) is 6.18. The highest BCUT2D eigenvalue weighted by Gasteiger charge is 2.13. The summed E-state index contributed by atoms with van der Waals surface area (Å²) in [5.41, 5.74) is 1.05. The van der Waals surface area contributed by atoms with Crippen molar-refractivity contribution in [2.75, 3.05) is 0 Å². The fourth-order valence-corrected chi connectivity index (χ4v) is 2.09. The maximum Gasteiger partial charge on any atom is 0.212 e. The van der Waals surface area contributed by atoms with Gasteiger partial charge in [-0.25, -0.2) is 0 Å². The van der Waals surface area contributed by atoms with Crippen molar-refractivity contribution in [1.82, 2.24) is 4.98 Å². The van der Waals surface area contributed by atoms with Crippen LogP contribution >= 0.6 is 31.9 Å². The zero-order chi connectivity index (χ0) is 11.5. The number of nitrogens with zero attached hydrogens (tertiary/aromatic N) is 1. The lowest BCUT2D eigenvalue weighted by Crippen LogP contribution is -2.04. The number of halogens is 2. The van der Waals surface area contributed by atoms with Gasteiger partial charge in [0.05, 0.1) is 0 Å². The van der Waals surface area contributed by atoms with Gasteiger partial charge in [-0.05, 0) is 30.3 Å². The molecule has 80 valence electrons. The summed E-state index contributed by atoms with van der Waals surface area (Å²) in [5.74, 6) is -0.0891. The molecule has 1 heterocycles. The van der Waals surface area contributed by atoms with Gasteiger partial charge < -0.3 is 0 Å². The number of carbonyl (C=O) groups excluding carboxylic acids is 1. The molecule has 0 fully saturated rings. The summed E-state index contributed by atoms with van der Waals surface area (Å²) in [6.07, 6.45) is 1.61. The van der Waals surface area contributed by atoms with Crippen LogP contribution < -0.4 is 0 Å². The molecule has 0 atom stereocenters. The van der Waals surface area contributed by atoms with Crippen molar-refractivity contribution >= 4 is 37.6 Å². The first-order valence-electron chi connectivity index (χ1n) is 4.59. The van der Waals surface area contributed by atoms with Crippen molar-refractivity contribution in [2.45, 2.75) is 0 Å². The van der Waals surface area contributed by atoms with Crippen LogP contribution in [0.5, 0.6) is 0 Å². The Kier molecular flexibility index (Phi) is 3.51. The highest BCUT2D eigenvalue weighted by atomic mass is 79.9. The van der Waals surface area contributed by atoms with Crippen molar-refractivity contribution in [3.63, 3.8) is 0 Å². The minimum Gasteiger partial charge on any atom is -0.287 e. The van der Waals surface area contributed by atoms with Gasteiger partial charge in [0.2, 0.25) is 5.78 Å². The Morgan fingerprint density at radius 2 is 1.94 bits per heavy atom. The minimum absolute atomic E-state index is 0.0891. The highest BCUT2D eigenvalue weighted by molar-refractivity contribution is 9.11. The first-order chi connectivity index (χ1) is 7.68. The third-order valence-electron chi connectivity index (χ3n) is 2.07. The second-order valence-electron chi connectivity index (χ2n) is 3.17. The SMILES string of the molecule is O=C(c1ccccn1)c1cc(Br)ccc1Br. The molecule has 1 aromatic heterocycles. The van der Waals surface area contributed by atoms with E-state index in [1.54, 1.807) is 30.5 Å². The fraction of sp³-hybridized carbons (Fsp3) is 0. The minimum atomic E-state index is -0.0891. The molecule has 0 saturated heterocycles. The topological polar surface area (TPSA) is 30.0 Å². The summed E-state index contributed by atoms with van der Waals surface area (Å²) in [6.45, 7) is 0. The lowest BCUT2D eigenvalue weighted by Gasteiger charge is -2.03. The van der Waals surface area contributed by atoms with Crippen LogP contribution in [-0.4, -0.2) is 10.8 Å². The quantitative estimate of drug-likeness (QED) is 0.777. The van der Waals surface area contributed by atoms with Gasteiger partial charge in [-0.3, -0.25) is 9.78 Å². The highest BCUT2D eigenvalue weighted by Crippen LogP contribution is 2.23. The van der Waals surface area contributed by atoms with Gasteiger partial charge in [-0.15, -0.1) is 0 Å². The van der Waals surface area contributed by atoms with Crippen LogP contribution in [0.4, 0.5) is 0 Å². The number of hydrogen-bond donors (Lipinski definition) is 0. The second-order valence-corrected chi connectivity index (χ2v) is 4.94. The molecule has 0 aliphatic rings. The number of pyridine rings is 1. The summed E-state index contributed by atoms with van der Waals surface area (Å²) in [6, 6.07) is 10.8. The van der Waals surface area contributed by atoms with E-state index in [4.69, 9.17) is 0 Å². The third-order valence-corrected chi connectivity index (χ3v) is 3.26. The van der Waals surface area contributed by atoms with E-state index in [1.165, 1.54) is 0 Å². The Labute approximate surface area is 110 Å². The second kappa shape index (κ2) is 4.89. The molecule has 16 heavy (non-hydrogen) atoms. The molecule has 0 aliphatic heterocycles. The van der Waals surface area contributed by atoms with E-state index in [0.717, 1.165) is 8.95 Å². The average Bonchev–Trinajstić information content (AvgIpc) is 2.32. The van der Waals surface area contributed by atoms with Crippen molar-refractivity contribution in [1.29, 1.82) is 0 Å². The van der Waals surface area contributed by atoms with Crippen LogP contribution in [0, 0.1) is 0 Å². The van der Waals surface area contributed by atoms with Gasteiger partial charge in [0, 0.05) is 20.7 Å². The van der Waals surface area contributed by atoms with E-state index in [9.17, 15) is 4.79 Å². The van der Waals surface area contributed by atoms with Crippen LogP contribution in [0.1, 0.15) is 16.1 Å². The van der Waals surface area contributed by atoms with Crippen LogP contribution in [0.3, 0.4) is 0 Å². The van der Waals surface area contributed by atoms with Gasteiger partial charge in [0.1, 0.15) is 5.69 Å². The van der Waals surface area contributed by atoms with Crippen molar-refractivity contribution < 1.29 is 4.79 Å². The van der Waals surface area contributed by atoms with E-state index in [0.29, 0.717) is 11.3 Å². The van der Waals surface area contributed by atoms with Gasteiger partial charge in [0.15, 0.2) is 0 Å². The molecule has 0 bridgehead atoms. The van der Waals surface area contributed by atoms with Crippen LogP contribution in [0.2, 0.25) is 0 Å². The van der Waals surface area contributed by atoms with Crippen molar-refractivity contribution in [3.05, 3.63) is 62.8 Å². The first kappa shape index (κ1) is 11.5. The Balaban J connectivity index is 2.46. The van der Waals surface area contributed by atoms with E-state index in [-0.39, 0.29) is 5.78 Å². The number of rotatable bonds is 2. The lowest BCUT2D eigenvalue weighted by molar-refractivity contribution is 0.103. The molecule has 0 radical (unpaired) electrons. The summed E-state index contributed by atoms with van der Waals surface area (Å²) >= 11 is 6.70. The van der Waals surface area contributed by atoms with Crippen LogP contribution in [-0.2, 0) is 0 Å². The summed E-state index contributed by atoms with van der Waals surface area (Å²) in [7, 11) is 0. The molecule has 2 nitrogen and oxygen atoms in total. The zero-order valence-corrected chi connectivity index (χ0v) is 11.3. The largest absolute Gasteiger partial charge is 0.287 e. The zero-order valence-electron chi connectivity index (χ0n) is 8.15. The van der Waals surface area contributed by atoms with E-state index in [2.05, 4.69) is 36.8 Å². The van der Waals surface area contributed by atoms with Crippen molar-refractivity contribution in [2.24, 2.45) is 0 Å². The summed E-state index contributed by atoms with van der Waals surface area (Å²) in [4.78, 5) is 16.1. The molecule has 0 aliphatic carbocycles. The van der Waals surface area contributed by atoms with E-state index >= 15 is 0 Å². The monoisotopic (exact) mass is 339 g/mol. The Morgan fingerprint density at radius 3 is 2.62 bits per heavy atom. The standard InChI is InChI=1S/C12H7Br2NO/c13-8-4-5-10(14)9(7-8)12(16)11-3-1-2-6-15-11/h1-7H. The molecule has 0 amide bonds. The maximum atomic E-state index is 12.1.